The first kappa shape index (κ1) is 29.0. The molecule has 0 unspecified atom stereocenters. The lowest BCUT2D eigenvalue weighted by Gasteiger charge is -2.12. The summed E-state index contributed by atoms with van der Waals surface area (Å²) in [5.74, 6) is 1.83. The average molecular weight is 652 g/mol. The lowest BCUT2D eigenvalue weighted by atomic mass is 9.96. The van der Waals surface area contributed by atoms with Crippen LogP contribution in [0.4, 0.5) is 0 Å². The molecule has 0 aliphatic heterocycles. The van der Waals surface area contributed by atoms with Crippen LogP contribution >= 0.6 is 0 Å². The molecule has 4 nitrogen and oxygen atoms in total. The lowest BCUT2D eigenvalue weighted by Crippen LogP contribution is -2.00. The number of rotatable bonds is 5. The predicted octanol–water partition coefficient (Wildman–Crippen LogP) is 12.4. The summed E-state index contributed by atoms with van der Waals surface area (Å²) >= 11 is 0. The molecule has 0 radical (unpaired) electrons. The second-order valence-corrected chi connectivity index (χ2v) is 12.8. The van der Waals surface area contributed by atoms with E-state index in [1.165, 1.54) is 16.3 Å². The van der Waals surface area contributed by atoms with Gasteiger partial charge in [0, 0.05) is 32.8 Å². The van der Waals surface area contributed by atoms with Gasteiger partial charge in [-0.3, -0.25) is 0 Å². The van der Waals surface area contributed by atoms with E-state index in [0.717, 1.165) is 66.1 Å². The fourth-order valence-corrected chi connectivity index (χ4v) is 7.21. The van der Waals surface area contributed by atoms with Gasteiger partial charge in [0.2, 0.25) is 0 Å². The van der Waals surface area contributed by atoms with E-state index in [-0.39, 0.29) is 0 Å². The van der Waals surface area contributed by atoms with Gasteiger partial charge in [0.25, 0.3) is 0 Å². The third-order valence-electron chi connectivity index (χ3n) is 9.72. The van der Waals surface area contributed by atoms with Crippen molar-refractivity contribution in [3.05, 3.63) is 176 Å². The van der Waals surface area contributed by atoms with Gasteiger partial charge in [-0.25, -0.2) is 15.0 Å². The van der Waals surface area contributed by atoms with Crippen molar-refractivity contribution in [1.29, 1.82) is 0 Å². The molecule has 2 heterocycles. The molecule has 51 heavy (non-hydrogen) atoms. The summed E-state index contributed by atoms with van der Waals surface area (Å²) < 4.78 is 6.66. The Bertz CT molecular complexity index is 2890. The van der Waals surface area contributed by atoms with E-state index in [1.54, 1.807) is 0 Å². The van der Waals surface area contributed by atoms with E-state index >= 15 is 0 Å². The van der Waals surface area contributed by atoms with E-state index in [0.29, 0.717) is 17.5 Å². The van der Waals surface area contributed by atoms with Crippen molar-refractivity contribution in [3.63, 3.8) is 0 Å². The van der Waals surface area contributed by atoms with Crippen molar-refractivity contribution < 1.29 is 4.42 Å². The third-order valence-corrected chi connectivity index (χ3v) is 9.72. The van der Waals surface area contributed by atoms with Crippen LogP contribution in [0.25, 0.3) is 99.9 Å². The molecule has 0 fully saturated rings. The molecule has 0 atom stereocenters. The molecule has 4 heteroatoms. The Morgan fingerprint density at radius 1 is 0.333 bits per heavy atom. The van der Waals surface area contributed by atoms with Crippen molar-refractivity contribution >= 4 is 43.5 Å². The number of hydrogen-bond acceptors (Lipinski definition) is 4. The molecule has 0 N–H and O–H groups in total. The monoisotopic (exact) mass is 651 g/mol. The van der Waals surface area contributed by atoms with Crippen molar-refractivity contribution in [2.24, 2.45) is 0 Å². The van der Waals surface area contributed by atoms with E-state index in [4.69, 9.17) is 19.4 Å². The van der Waals surface area contributed by atoms with Crippen LogP contribution in [0.5, 0.6) is 0 Å². The molecule has 0 amide bonds. The number of benzene rings is 8. The van der Waals surface area contributed by atoms with Crippen LogP contribution in [0, 0.1) is 0 Å². The van der Waals surface area contributed by atoms with Crippen molar-refractivity contribution in [3.8, 4) is 56.4 Å². The molecular formula is C47H29N3O. The Hall–Kier alpha value is -6.91. The molecule has 10 aromatic rings. The highest BCUT2D eigenvalue weighted by atomic mass is 16.3. The number of hydrogen-bond donors (Lipinski definition) is 0. The smallest absolute Gasteiger partial charge is 0.164 e. The third kappa shape index (κ3) is 5.04. The first-order valence-corrected chi connectivity index (χ1v) is 17.1. The first-order chi connectivity index (χ1) is 25.3. The summed E-state index contributed by atoms with van der Waals surface area (Å²) in [4.78, 5) is 15.4. The molecule has 0 saturated heterocycles. The zero-order chi connectivity index (χ0) is 33.7. The number of nitrogens with zero attached hydrogens (tertiary/aromatic N) is 3. The van der Waals surface area contributed by atoms with Crippen LogP contribution in [0.15, 0.2) is 180 Å². The maximum atomic E-state index is 6.66. The molecule has 0 bridgehead atoms. The van der Waals surface area contributed by atoms with Crippen LogP contribution in [-0.2, 0) is 0 Å². The lowest BCUT2D eigenvalue weighted by molar-refractivity contribution is 0.672. The Balaban J connectivity index is 1.18. The van der Waals surface area contributed by atoms with E-state index in [9.17, 15) is 0 Å². The van der Waals surface area contributed by atoms with Crippen LogP contribution in [0.1, 0.15) is 0 Å². The van der Waals surface area contributed by atoms with E-state index in [1.807, 2.05) is 48.5 Å². The molecular weight excluding hydrogens is 623 g/mol. The molecule has 2 aromatic heterocycles. The maximum Gasteiger partial charge on any atom is 0.164 e. The van der Waals surface area contributed by atoms with Gasteiger partial charge in [0.15, 0.2) is 17.5 Å². The van der Waals surface area contributed by atoms with Crippen molar-refractivity contribution in [2.75, 3.05) is 0 Å². The summed E-state index contributed by atoms with van der Waals surface area (Å²) in [6.45, 7) is 0. The minimum absolute atomic E-state index is 0.600. The van der Waals surface area contributed by atoms with Gasteiger partial charge >= 0.3 is 0 Å². The zero-order valence-electron chi connectivity index (χ0n) is 27.5. The van der Waals surface area contributed by atoms with E-state index in [2.05, 4.69) is 127 Å². The normalized spacial score (nSPS) is 11.5. The summed E-state index contributed by atoms with van der Waals surface area (Å²) in [6, 6.07) is 61.0. The number of para-hydroxylation sites is 1. The zero-order valence-corrected chi connectivity index (χ0v) is 27.5. The molecule has 8 aromatic carbocycles. The number of fused-ring (bicyclic) bond motifs is 6. The summed E-state index contributed by atoms with van der Waals surface area (Å²) in [5.41, 5.74) is 9.04. The van der Waals surface area contributed by atoms with Gasteiger partial charge < -0.3 is 4.42 Å². The number of furan rings is 1. The van der Waals surface area contributed by atoms with Gasteiger partial charge in [-0.1, -0.05) is 158 Å². The minimum atomic E-state index is 0.600. The van der Waals surface area contributed by atoms with Gasteiger partial charge in [-0.15, -0.1) is 0 Å². The Labute approximate surface area is 294 Å². The molecule has 10 rings (SSSR count). The highest BCUT2D eigenvalue weighted by molar-refractivity contribution is 6.21. The largest absolute Gasteiger partial charge is 0.455 e. The maximum absolute atomic E-state index is 6.66. The SMILES string of the molecule is c1ccc(-c2ccc3cc(-c4nc(-c5ccccc5)nc(-c5ccc(-c6cccc7ccccc67)cc5)n4)c4c5ccccc5oc4c3c2)cc1. The van der Waals surface area contributed by atoms with E-state index < -0.39 is 0 Å². The van der Waals surface area contributed by atoms with Gasteiger partial charge in [0.05, 0.1) is 0 Å². The Morgan fingerprint density at radius 2 is 0.922 bits per heavy atom. The summed E-state index contributed by atoms with van der Waals surface area (Å²) in [7, 11) is 0. The standard InChI is InChI=1S/C47H29N3O/c1-3-12-30(13-4-1)35-26-27-36-29-41(43-39-19-9-10-21-42(39)51-44(43)40(36)28-35)47-49-45(33-15-5-2-6-16-33)48-46(50-47)34-24-22-32(23-25-34)38-20-11-17-31-14-7-8-18-37(31)38/h1-29H. The van der Waals surface area contributed by atoms with Crippen molar-refractivity contribution in [2.45, 2.75) is 0 Å². The van der Waals surface area contributed by atoms with Crippen LogP contribution in [0.3, 0.4) is 0 Å². The predicted molar refractivity (Wildman–Crippen MR) is 209 cm³/mol. The van der Waals surface area contributed by atoms with Crippen molar-refractivity contribution in [1.82, 2.24) is 15.0 Å². The number of aromatic nitrogens is 3. The minimum Gasteiger partial charge on any atom is -0.455 e. The average Bonchev–Trinajstić information content (AvgIpc) is 3.61. The molecule has 0 spiro atoms. The second kappa shape index (κ2) is 11.9. The fraction of sp³-hybridized carbons (Fsp3) is 0. The van der Waals surface area contributed by atoms with Crippen LogP contribution < -0.4 is 0 Å². The molecule has 238 valence electrons. The first-order valence-electron chi connectivity index (χ1n) is 17.1. The van der Waals surface area contributed by atoms with Gasteiger partial charge in [-0.2, -0.15) is 0 Å². The van der Waals surface area contributed by atoms with Crippen LogP contribution in [0.2, 0.25) is 0 Å². The van der Waals surface area contributed by atoms with Crippen LogP contribution in [-0.4, -0.2) is 15.0 Å². The summed E-state index contributed by atoms with van der Waals surface area (Å²) in [5, 5.41) is 6.57. The highest BCUT2D eigenvalue weighted by Gasteiger charge is 2.21. The quantitative estimate of drug-likeness (QED) is 0.186. The highest BCUT2D eigenvalue weighted by Crippen LogP contribution is 2.42. The van der Waals surface area contributed by atoms with Gasteiger partial charge in [-0.05, 0) is 56.6 Å². The molecule has 0 aliphatic rings. The summed E-state index contributed by atoms with van der Waals surface area (Å²) in [6.07, 6.45) is 0. The molecule has 0 saturated carbocycles. The molecule has 0 aliphatic carbocycles. The fourth-order valence-electron chi connectivity index (χ4n) is 7.21. The second-order valence-electron chi connectivity index (χ2n) is 12.8. The Morgan fingerprint density at radius 3 is 1.71 bits per heavy atom. The van der Waals surface area contributed by atoms with Gasteiger partial charge in [0.1, 0.15) is 11.2 Å². The Kier molecular flexibility index (Phi) is 6.78. The topological polar surface area (TPSA) is 51.8 Å².